The number of benzene rings is 1. The second-order valence-corrected chi connectivity index (χ2v) is 14.9. The van der Waals surface area contributed by atoms with Crippen molar-refractivity contribution in [3.05, 3.63) is 35.9 Å². The third-order valence-corrected chi connectivity index (χ3v) is 8.34. The van der Waals surface area contributed by atoms with Crippen LogP contribution in [-0.2, 0) is 0 Å². The van der Waals surface area contributed by atoms with Gasteiger partial charge in [0.2, 0.25) is 0 Å². The number of hydrogen-bond acceptors (Lipinski definition) is 0. The van der Waals surface area contributed by atoms with Gasteiger partial charge in [-0.3, -0.25) is 0 Å². The molecule has 0 atom stereocenters. The molecule has 0 amide bonds. The summed E-state index contributed by atoms with van der Waals surface area (Å²) in [6.07, 6.45) is 0. The standard InChI is InChI=1S/C12H18Se2Si/c1-15(2,3)10-9-14-12(13)11-7-5-4-6-8-11/h4-8H,9-10H2,1-3H3. The average molecular weight is 348 g/mol. The molecule has 0 radical (unpaired) electrons. The zero-order chi connectivity index (χ0) is 11.3. The van der Waals surface area contributed by atoms with Crippen molar-refractivity contribution >= 4 is 41.9 Å². The van der Waals surface area contributed by atoms with Gasteiger partial charge >= 0.3 is 109 Å². The quantitative estimate of drug-likeness (QED) is 0.718. The molecule has 1 rings (SSSR count). The molecular weight excluding hydrogens is 330 g/mol. The van der Waals surface area contributed by atoms with E-state index in [1.54, 1.807) is 0 Å². The van der Waals surface area contributed by atoms with Gasteiger partial charge in [-0.1, -0.05) is 0 Å². The molecule has 0 fully saturated rings. The van der Waals surface area contributed by atoms with E-state index in [9.17, 15) is 0 Å². The Hall–Kier alpha value is 0.346. The molecule has 82 valence electrons. The Balaban J connectivity index is 2.38. The van der Waals surface area contributed by atoms with Crippen molar-refractivity contribution in [2.24, 2.45) is 0 Å². The minimum atomic E-state index is -0.837. The molecule has 0 aliphatic rings. The topological polar surface area (TPSA) is 0 Å². The Morgan fingerprint density at radius 1 is 1.20 bits per heavy atom. The van der Waals surface area contributed by atoms with Gasteiger partial charge in [0.15, 0.2) is 0 Å². The summed E-state index contributed by atoms with van der Waals surface area (Å²) in [4.78, 5) is 0. The predicted molar refractivity (Wildman–Crippen MR) is 75.0 cm³/mol. The summed E-state index contributed by atoms with van der Waals surface area (Å²) in [6.45, 7) is 7.35. The molecule has 0 spiro atoms. The minimum absolute atomic E-state index is 0.641. The molecule has 3 heteroatoms. The predicted octanol–water partition coefficient (Wildman–Crippen LogP) is 2.79. The van der Waals surface area contributed by atoms with Crippen LogP contribution in [0.3, 0.4) is 0 Å². The van der Waals surface area contributed by atoms with Crippen molar-refractivity contribution in [2.75, 3.05) is 0 Å². The fourth-order valence-corrected chi connectivity index (χ4v) is 8.54. The Kier molecular flexibility index (Phi) is 5.52. The van der Waals surface area contributed by atoms with Crippen molar-refractivity contribution in [3.8, 4) is 0 Å². The average Bonchev–Trinajstić information content (AvgIpc) is 2.17. The van der Waals surface area contributed by atoms with Gasteiger partial charge in [-0.15, -0.1) is 0 Å². The van der Waals surface area contributed by atoms with Crippen LogP contribution in [0.25, 0.3) is 0 Å². The van der Waals surface area contributed by atoms with E-state index in [2.05, 4.69) is 65.5 Å². The van der Waals surface area contributed by atoms with E-state index in [4.69, 9.17) is 0 Å². The van der Waals surface area contributed by atoms with E-state index in [-0.39, 0.29) is 0 Å². The van der Waals surface area contributed by atoms with Gasteiger partial charge in [0.25, 0.3) is 0 Å². The third kappa shape index (κ3) is 5.84. The number of rotatable bonds is 5. The fraction of sp³-hybridized carbons (Fsp3) is 0.417. The van der Waals surface area contributed by atoms with Gasteiger partial charge in [-0.25, -0.2) is 0 Å². The van der Waals surface area contributed by atoms with Crippen molar-refractivity contribution in [1.29, 1.82) is 0 Å². The first-order valence-corrected chi connectivity index (χ1v) is 11.8. The van der Waals surface area contributed by atoms with Crippen LogP contribution in [-0.4, -0.2) is 41.9 Å². The summed E-state index contributed by atoms with van der Waals surface area (Å²) in [5.41, 5.74) is 1.38. The molecule has 0 unspecified atom stereocenters. The molecular formula is C12H18Se2Si. The van der Waals surface area contributed by atoms with E-state index in [1.165, 1.54) is 20.2 Å². The van der Waals surface area contributed by atoms with E-state index >= 15 is 0 Å². The van der Waals surface area contributed by atoms with Crippen LogP contribution in [0.15, 0.2) is 30.3 Å². The summed E-state index contributed by atoms with van der Waals surface area (Å²) >= 11 is 3.88. The van der Waals surface area contributed by atoms with Gasteiger partial charge in [-0.2, -0.15) is 0 Å². The molecule has 0 bridgehead atoms. The first-order valence-electron chi connectivity index (χ1n) is 5.21. The zero-order valence-corrected chi connectivity index (χ0v) is 14.0. The Morgan fingerprint density at radius 3 is 2.33 bits per heavy atom. The summed E-state index contributed by atoms with van der Waals surface area (Å²) < 4.78 is 1.47. The Morgan fingerprint density at radius 2 is 1.80 bits per heavy atom. The van der Waals surface area contributed by atoms with Gasteiger partial charge < -0.3 is 0 Å². The second kappa shape index (κ2) is 6.17. The third-order valence-electron chi connectivity index (χ3n) is 2.09. The monoisotopic (exact) mass is 350 g/mol. The molecule has 0 aromatic heterocycles. The summed E-state index contributed by atoms with van der Waals surface area (Å²) in [6, 6.07) is 12.1. The van der Waals surface area contributed by atoms with Crippen LogP contribution in [0.2, 0.25) is 31.0 Å². The normalized spacial score (nSPS) is 11.4. The van der Waals surface area contributed by atoms with E-state index in [0.717, 1.165) is 0 Å². The maximum atomic E-state index is 3.24. The van der Waals surface area contributed by atoms with Crippen molar-refractivity contribution in [2.45, 2.75) is 31.0 Å². The SMILES string of the molecule is C[Si](C)(C)CC[Se]C(=[Se])c1ccccc1. The first kappa shape index (κ1) is 13.4. The molecule has 1 aromatic carbocycles. The van der Waals surface area contributed by atoms with Crippen LogP contribution >= 0.6 is 0 Å². The molecule has 0 N–H and O–H groups in total. The van der Waals surface area contributed by atoms with E-state index in [0.29, 0.717) is 15.0 Å². The van der Waals surface area contributed by atoms with Gasteiger partial charge in [0.05, 0.1) is 0 Å². The maximum absolute atomic E-state index is 3.24. The summed E-state index contributed by atoms with van der Waals surface area (Å²) in [7, 11) is -0.837. The number of hydrogen-bond donors (Lipinski definition) is 0. The molecule has 0 heterocycles. The van der Waals surface area contributed by atoms with E-state index in [1.807, 2.05) is 0 Å². The molecule has 0 nitrogen and oxygen atoms in total. The van der Waals surface area contributed by atoms with Crippen LogP contribution in [0.4, 0.5) is 0 Å². The Bertz CT molecular complexity index is 314. The first-order chi connectivity index (χ1) is 6.99. The van der Waals surface area contributed by atoms with Crippen LogP contribution in [0.5, 0.6) is 0 Å². The molecule has 0 saturated carbocycles. The fourth-order valence-electron chi connectivity index (χ4n) is 1.11. The van der Waals surface area contributed by atoms with Crippen molar-refractivity contribution in [1.82, 2.24) is 0 Å². The van der Waals surface area contributed by atoms with Crippen molar-refractivity contribution < 1.29 is 0 Å². The van der Waals surface area contributed by atoms with Gasteiger partial charge in [0, 0.05) is 0 Å². The molecule has 1 aromatic rings. The van der Waals surface area contributed by atoms with Gasteiger partial charge in [-0.05, 0) is 0 Å². The molecule has 0 saturated heterocycles. The molecule has 15 heavy (non-hydrogen) atoms. The van der Waals surface area contributed by atoms with Gasteiger partial charge in [0.1, 0.15) is 0 Å². The summed E-state index contributed by atoms with van der Waals surface area (Å²) in [5.74, 6) is 0. The van der Waals surface area contributed by atoms with Crippen LogP contribution in [0, 0.1) is 0 Å². The zero-order valence-electron chi connectivity index (χ0n) is 9.62. The second-order valence-electron chi connectivity index (χ2n) is 4.81. The van der Waals surface area contributed by atoms with Crippen molar-refractivity contribution in [3.63, 3.8) is 0 Å². The Labute approximate surface area is 108 Å². The summed E-state index contributed by atoms with van der Waals surface area (Å²) in [5, 5.41) is 1.39. The molecule has 0 aliphatic heterocycles. The van der Waals surface area contributed by atoms with Crippen LogP contribution < -0.4 is 0 Å². The molecule has 0 aliphatic carbocycles. The van der Waals surface area contributed by atoms with Crippen LogP contribution in [0.1, 0.15) is 5.56 Å². The van der Waals surface area contributed by atoms with E-state index < -0.39 is 8.07 Å².